The number of hydrogen-bond acceptors (Lipinski definition) is 2. The molecule has 3 nitrogen and oxygen atoms in total. The van der Waals surface area contributed by atoms with Gasteiger partial charge in [-0.05, 0) is 18.2 Å². The molecule has 0 saturated carbocycles. The molecule has 1 aromatic carbocycles. The second-order valence-corrected chi connectivity index (χ2v) is 3.64. The van der Waals surface area contributed by atoms with Crippen molar-refractivity contribution < 1.29 is 4.79 Å². The lowest BCUT2D eigenvalue weighted by atomic mass is 10.1. The fourth-order valence-corrected chi connectivity index (χ4v) is 1.66. The number of nitrogens with zero attached hydrogens (tertiary/aromatic N) is 2. The number of hydrogen-bond donors (Lipinski definition) is 0. The van der Waals surface area contributed by atoms with Crippen molar-refractivity contribution in [2.45, 2.75) is 0 Å². The Morgan fingerprint density at radius 1 is 1.40 bits per heavy atom. The zero-order valence-corrected chi connectivity index (χ0v) is 8.90. The maximum Gasteiger partial charge on any atom is 0.170 e. The van der Waals surface area contributed by atoms with E-state index in [-0.39, 0.29) is 0 Å². The Balaban J connectivity index is 2.53. The summed E-state index contributed by atoms with van der Waals surface area (Å²) in [5, 5.41) is 4.71. The van der Waals surface area contributed by atoms with Crippen LogP contribution in [0.1, 0.15) is 10.5 Å². The van der Waals surface area contributed by atoms with Crippen LogP contribution in [0.3, 0.4) is 0 Å². The largest absolute Gasteiger partial charge is 0.296 e. The van der Waals surface area contributed by atoms with Gasteiger partial charge in [0.05, 0.1) is 5.69 Å². The summed E-state index contributed by atoms with van der Waals surface area (Å²) in [7, 11) is 1.79. The van der Waals surface area contributed by atoms with E-state index in [1.165, 1.54) is 0 Å². The number of carbonyl (C=O) groups is 1. The van der Waals surface area contributed by atoms with Gasteiger partial charge in [-0.15, -0.1) is 0 Å². The van der Waals surface area contributed by atoms with E-state index >= 15 is 0 Å². The van der Waals surface area contributed by atoms with Crippen molar-refractivity contribution in [2.75, 3.05) is 0 Å². The second kappa shape index (κ2) is 3.87. The van der Waals surface area contributed by atoms with Crippen molar-refractivity contribution in [1.82, 2.24) is 9.78 Å². The fraction of sp³-hybridized carbons (Fsp3) is 0.0909. The van der Waals surface area contributed by atoms with Crippen LogP contribution in [0.5, 0.6) is 0 Å². The molecule has 0 N–H and O–H groups in total. The van der Waals surface area contributed by atoms with E-state index in [0.717, 1.165) is 17.5 Å². The molecular formula is C11H9ClN2O. The monoisotopic (exact) mass is 220 g/mol. The number of aldehydes is 1. The summed E-state index contributed by atoms with van der Waals surface area (Å²) in [4.78, 5) is 10.6. The van der Waals surface area contributed by atoms with Gasteiger partial charge in [-0.3, -0.25) is 9.48 Å². The van der Waals surface area contributed by atoms with Crippen LogP contribution in [0.25, 0.3) is 11.3 Å². The molecule has 1 aromatic heterocycles. The van der Waals surface area contributed by atoms with Crippen LogP contribution in [0, 0.1) is 0 Å². The van der Waals surface area contributed by atoms with Crippen molar-refractivity contribution in [3.63, 3.8) is 0 Å². The van der Waals surface area contributed by atoms with E-state index in [9.17, 15) is 4.79 Å². The highest BCUT2D eigenvalue weighted by Gasteiger charge is 2.06. The molecule has 0 saturated heterocycles. The van der Waals surface area contributed by atoms with Crippen molar-refractivity contribution in [3.8, 4) is 11.3 Å². The molecule has 0 fully saturated rings. The van der Waals surface area contributed by atoms with Gasteiger partial charge in [-0.2, -0.15) is 5.10 Å². The lowest BCUT2D eigenvalue weighted by molar-refractivity contribution is 0.111. The van der Waals surface area contributed by atoms with Crippen LogP contribution in [0.4, 0.5) is 0 Å². The average Bonchev–Trinajstić information content (AvgIpc) is 2.60. The van der Waals surface area contributed by atoms with Gasteiger partial charge in [0.2, 0.25) is 0 Å². The zero-order valence-electron chi connectivity index (χ0n) is 8.14. The third-order valence-electron chi connectivity index (χ3n) is 2.14. The van der Waals surface area contributed by atoms with Gasteiger partial charge in [-0.25, -0.2) is 0 Å². The molecular weight excluding hydrogens is 212 g/mol. The number of rotatable bonds is 2. The van der Waals surface area contributed by atoms with Crippen LogP contribution in [-0.2, 0) is 7.05 Å². The van der Waals surface area contributed by atoms with Gasteiger partial charge >= 0.3 is 0 Å². The number of aromatic nitrogens is 2. The first-order valence-electron chi connectivity index (χ1n) is 4.46. The SMILES string of the molecule is Cn1nc(C=O)cc1-c1cccc(Cl)c1. The minimum absolute atomic E-state index is 0.424. The molecule has 0 amide bonds. The number of carbonyl (C=O) groups excluding carboxylic acids is 1. The second-order valence-electron chi connectivity index (χ2n) is 3.21. The first-order valence-corrected chi connectivity index (χ1v) is 4.83. The van der Waals surface area contributed by atoms with E-state index in [1.54, 1.807) is 17.8 Å². The van der Waals surface area contributed by atoms with Gasteiger partial charge in [0, 0.05) is 17.6 Å². The summed E-state index contributed by atoms with van der Waals surface area (Å²) >= 11 is 5.89. The predicted molar refractivity (Wildman–Crippen MR) is 59.0 cm³/mol. The maximum atomic E-state index is 10.6. The minimum Gasteiger partial charge on any atom is -0.296 e. The molecule has 0 atom stereocenters. The van der Waals surface area contributed by atoms with Crippen LogP contribution in [0.15, 0.2) is 30.3 Å². The lowest BCUT2D eigenvalue weighted by Gasteiger charge is -2.01. The highest BCUT2D eigenvalue weighted by atomic mass is 35.5. The summed E-state index contributed by atoms with van der Waals surface area (Å²) in [6.07, 6.45) is 0.730. The van der Waals surface area contributed by atoms with Crippen LogP contribution < -0.4 is 0 Å². The van der Waals surface area contributed by atoms with E-state index in [0.29, 0.717) is 10.7 Å². The van der Waals surface area contributed by atoms with E-state index in [1.807, 2.05) is 24.3 Å². The average molecular weight is 221 g/mol. The molecule has 0 aliphatic carbocycles. The maximum absolute atomic E-state index is 10.6. The van der Waals surface area contributed by atoms with Gasteiger partial charge < -0.3 is 0 Å². The van der Waals surface area contributed by atoms with Gasteiger partial charge in [0.1, 0.15) is 5.69 Å². The third kappa shape index (κ3) is 1.92. The number of aryl methyl sites for hydroxylation is 1. The molecule has 0 spiro atoms. The molecule has 0 radical (unpaired) electrons. The third-order valence-corrected chi connectivity index (χ3v) is 2.37. The van der Waals surface area contributed by atoms with Crippen LogP contribution >= 0.6 is 11.6 Å². The van der Waals surface area contributed by atoms with Gasteiger partial charge in [0.15, 0.2) is 6.29 Å². The summed E-state index contributed by atoms with van der Waals surface area (Å²) in [5.41, 5.74) is 2.25. The summed E-state index contributed by atoms with van der Waals surface area (Å²) < 4.78 is 1.66. The molecule has 0 aliphatic heterocycles. The molecule has 4 heteroatoms. The van der Waals surface area contributed by atoms with Gasteiger partial charge in [0.25, 0.3) is 0 Å². The molecule has 1 heterocycles. The Hall–Kier alpha value is -1.61. The Morgan fingerprint density at radius 3 is 2.80 bits per heavy atom. The topological polar surface area (TPSA) is 34.9 Å². The quantitative estimate of drug-likeness (QED) is 0.729. The molecule has 15 heavy (non-hydrogen) atoms. The van der Waals surface area contributed by atoms with Crippen LogP contribution in [0.2, 0.25) is 5.02 Å². The predicted octanol–water partition coefficient (Wildman–Crippen LogP) is 2.55. The minimum atomic E-state index is 0.424. The molecule has 0 unspecified atom stereocenters. The first kappa shape index (κ1) is 9.93. The highest BCUT2D eigenvalue weighted by Crippen LogP contribution is 2.22. The summed E-state index contributed by atoms with van der Waals surface area (Å²) in [5.74, 6) is 0. The van der Waals surface area contributed by atoms with Crippen molar-refractivity contribution in [2.24, 2.45) is 7.05 Å². The fourth-order valence-electron chi connectivity index (χ4n) is 1.46. The summed E-state index contributed by atoms with van der Waals surface area (Å²) in [6, 6.07) is 9.18. The smallest absolute Gasteiger partial charge is 0.170 e. The normalized spacial score (nSPS) is 10.3. The molecule has 0 bridgehead atoms. The number of benzene rings is 1. The highest BCUT2D eigenvalue weighted by molar-refractivity contribution is 6.30. The van der Waals surface area contributed by atoms with Crippen molar-refractivity contribution in [1.29, 1.82) is 0 Å². The standard InChI is InChI=1S/C11H9ClN2O/c1-14-11(6-10(7-15)13-14)8-3-2-4-9(12)5-8/h2-7H,1H3. The first-order chi connectivity index (χ1) is 7.20. The Labute approximate surface area is 92.3 Å². The Bertz CT molecular complexity index is 505. The van der Waals surface area contributed by atoms with Crippen molar-refractivity contribution in [3.05, 3.63) is 41.0 Å². The van der Waals surface area contributed by atoms with E-state index in [4.69, 9.17) is 11.6 Å². The lowest BCUT2D eigenvalue weighted by Crippen LogP contribution is -1.94. The number of halogens is 1. The van der Waals surface area contributed by atoms with Crippen molar-refractivity contribution >= 4 is 17.9 Å². The molecule has 2 rings (SSSR count). The molecule has 76 valence electrons. The molecule has 0 aliphatic rings. The van der Waals surface area contributed by atoms with E-state index in [2.05, 4.69) is 5.10 Å². The Morgan fingerprint density at radius 2 is 2.20 bits per heavy atom. The zero-order chi connectivity index (χ0) is 10.8. The van der Waals surface area contributed by atoms with Crippen LogP contribution in [-0.4, -0.2) is 16.1 Å². The van der Waals surface area contributed by atoms with E-state index < -0.39 is 0 Å². The Kier molecular flexibility index (Phi) is 2.56. The molecule has 2 aromatic rings. The summed E-state index contributed by atoms with van der Waals surface area (Å²) in [6.45, 7) is 0. The van der Waals surface area contributed by atoms with Gasteiger partial charge in [-0.1, -0.05) is 23.7 Å².